The number of sulfonamides is 1. The molecule has 1 aliphatic heterocycles. The zero-order valence-electron chi connectivity index (χ0n) is 12.1. The van der Waals surface area contributed by atoms with E-state index in [0.29, 0.717) is 18.0 Å². The van der Waals surface area contributed by atoms with Gasteiger partial charge in [0.25, 0.3) is 0 Å². The van der Waals surface area contributed by atoms with Crippen molar-refractivity contribution in [2.24, 2.45) is 7.05 Å². The SMILES string of the molecule is CN1CCN(S(=O)(=O)c2ccc3c(c2)c(Br)cn3C)CC1. The highest BCUT2D eigenvalue weighted by Gasteiger charge is 2.27. The van der Waals surface area contributed by atoms with Crippen LogP contribution in [0.4, 0.5) is 0 Å². The average molecular weight is 372 g/mol. The first-order chi connectivity index (χ1) is 9.89. The van der Waals surface area contributed by atoms with Gasteiger partial charge in [0, 0.05) is 54.8 Å². The van der Waals surface area contributed by atoms with Gasteiger partial charge in [-0.2, -0.15) is 4.31 Å². The highest BCUT2D eigenvalue weighted by Crippen LogP contribution is 2.29. The van der Waals surface area contributed by atoms with Crippen LogP contribution in [0.25, 0.3) is 10.9 Å². The lowest BCUT2D eigenvalue weighted by Gasteiger charge is -2.31. The number of hydrogen-bond donors (Lipinski definition) is 0. The first kappa shape index (κ1) is 15.0. The molecule has 0 unspecified atom stereocenters. The molecule has 1 aromatic heterocycles. The number of aryl methyl sites for hydroxylation is 1. The number of aromatic nitrogens is 1. The predicted octanol–water partition coefficient (Wildman–Crippen LogP) is 1.88. The Hall–Kier alpha value is -0.890. The largest absolute Gasteiger partial charge is 0.349 e. The number of hydrogen-bond acceptors (Lipinski definition) is 3. The van der Waals surface area contributed by atoms with Gasteiger partial charge in [-0.05, 0) is 41.2 Å². The fraction of sp³-hybridized carbons (Fsp3) is 0.429. The maximum absolute atomic E-state index is 12.7. The Morgan fingerprint density at radius 2 is 1.76 bits per heavy atom. The summed E-state index contributed by atoms with van der Waals surface area (Å²) in [7, 11) is 0.549. The maximum atomic E-state index is 12.7. The molecule has 0 spiro atoms. The molecule has 1 aromatic carbocycles. The summed E-state index contributed by atoms with van der Waals surface area (Å²) in [5.41, 5.74) is 1.01. The Balaban J connectivity index is 2.01. The van der Waals surface area contributed by atoms with Gasteiger partial charge < -0.3 is 9.47 Å². The van der Waals surface area contributed by atoms with E-state index < -0.39 is 10.0 Å². The number of nitrogens with zero attached hydrogens (tertiary/aromatic N) is 3. The van der Waals surface area contributed by atoms with Crippen molar-refractivity contribution in [1.82, 2.24) is 13.8 Å². The molecule has 0 bridgehead atoms. The Morgan fingerprint density at radius 3 is 2.43 bits per heavy atom. The summed E-state index contributed by atoms with van der Waals surface area (Å²) >= 11 is 3.49. The highest BCUT2D eigenvalue weighted by molar-refractivity contribution is 9.10. The van der Waals surface area contributed by atoms with E-state index in [9.17, 15) is 8.42 Å². The van der Waals surface area contributed by atoms with Crippen LogP contribution in [0.3, 0.4) is 0 Å². The molecular weight excluding hydrogens is 354 g/mol. The highest BCUT2D eigenvalue weighted by atomic mass is 79.9. The molecule has 0 aliphatic carbocycles. The van der Waals surface area contributed by atoms with Crippen molar-refractivity contribution in [1.29, 1.82) is 0 Å². The van der Waals surface area contributed by atoms with Crippen LogP contribution >= 0.6 is 15.9 Å². The van der Waals surface area contributed by atoms with Crippen LogP contribution in [0, 0.1) is 0 Å². The van der Waals surface area contributed by atoms with Crippen molar-refractivity contribution in [2.45, 2.75) is 4.90 Å². The van der Waals surface area contributed by atoms with Crippen molar-refractivity contribution >= 4 is 36.9 Å². The second kappa shape index (κ2) is 5.39. The molecule has 5 nitrogen and oxygen atoms in total. The first-order valence-corrected chi connectivity index (χ1v) is 9.06. The first-order valence-electron chi connectivity index (χ1n) is 6.83. The minimum atomic E-state index is -3.41. The van der Waals surface area contributed by atoms with Crippen molar-refractivity contribution in [3.05, 3.63) is 28.9 Å². The number of benzene rings is 1. The molecule has 1 aliphatic rings. The van der Waals surface area contributed by atoms with Gasteiger partial charge in [0.1, 0.15) is 0 Å². The molecule has 0 amide bonds. The molecule has 114 valence electrons. The minimum Gasteiger partial charge on any atom is -0.349 e. The zero-order chi connectivity index (χ0) is 15.2. The Morgan fingerprint density at radius 1 is 1.10 bits per heavy atom. The quantitative estimate of drug-likeness (QED) is 0.809. The lowest BCUT2D eigenvalue weighted by Crippen LogP contribution is -2.46. The summed E-state index contributed by atoms with van der Waals surface area (Å²) in [5, 5.41) is 0.924. The van der Waals surface area contributed by atoms with E-state index in [1.165, 1.54) is 0 Å². The summed E-state index contributed by atoms with van der Waals surface area (Å²) in [6, 6.07) is 5.32. The molecule has 1 fully saturated rings. The molecule has 0 N–H and O–H groups in total. The van der Waals surface area contributed by atoms with E-state index in [1.807, 2.05) is 30.9 Å². The second-order valence-corrected chi connectivity index (χ2v) is 8.27. The number of likely N-dealkylation sites (N-methyl/N-ethyl adjacent to an activating group) is 1. The van der Waals surface area contributed by atoms with E-state index in [0.717, 1.165) is 28.5 Å². The third-order valence-corrected chi connectivity index (χ3v) is 6.54. The second-order valence-electron chi connectivity index (χ2n) is 5.47. The summed E-state index contributed by atoms with van der Waals surface area (Å²) in [5.74, 6) is 0. The molecular formula is C14H18BrN3O2S. The maximum Gasteiger partial charge on any atom is 0.243 e. The number of piperazine rings is 1. The van der Waals surface area contributed by atoms with E-state index >= 15 is 0 Å². The van der Waals surface area contributed by atoms with Gasteiger partial charge in [-0.1, -0.05) is 0 Å². The molecule has 0 atom stereocenters. The van der Waals surface area contributed by atoms with Crippen LogP contribution in [-0.4, -0.2) is 55.4 Å². The Labute approximate surface area is 133 Å². The van der Waals surface area contributed by atoms with Crippen LogP contribution in [0.15, 0.2) is 33.8 Å². The average Bonchev–Trinajstić information content (AvgIpc) is 2.74. The number of halogens is 1. The number of rotatable bonds is 2. The van der Waals surface area contributed by atoms with Crippen LogP contribution in [0.5, 0.6) is 0 Å². The molecule has 7 heteroatoms. The van der Waals surface area contributed by atoms with Crippen molar-refractivity contribution in [3.63, 3.8) is 0 Å². The summed E-state index contributed by atoms with van der Waals surface area (Å²) < 4.78 is 29.9. The van der Waals surface area contributed by atoms with Crippen LogP contribution in [0.1, 0.15) is 0 Å². The van der Waals surface area contributed by atoms with Gasteiger partial charge in [-0.25, -0.2) is 8.42 Å². The van der Waals surface area contributed by atoms with E-state index in [4.69, 9.17) is 0 Å². The van der Waals surface area contributed by atoms with Gasteiger partial charge in [-0.15, -0.1) is 0 Å². The number of fused-ring (bicyclic) bond motifs is 1. The smallest absolute Gasteiger partial charge is 0.243 e. The lowest BCUT2D eigenvalue weighted by molar-refractivity contribution is 0.222. The topological polar surface area (TPSA) is 45.6 Å². The molecule has 1 saturated heterocycles. The van der Waals surface area contributed by atoms with Crippen molar-refractivity contribution in [2.75, 3.05) is 33.2 Å². The van der Waals surface area contributed by atoms with Crippen LogP contribution < -0.4 is 0 Å². The van der Waals surface area contributed by atoms with E-state index in [1.54, 1.807) is 16.4 Å². The van der Waals surface area contributed by atoms with Gasteiger partial charge in [0.2, 0.25) is 10.0 Å². The predicted molar refractivity (Wildman–Crippen MR) is 86.9 cm³/mol. The summed E-state index contributed by atoms with van der Waals surface area (Å²) in [4.78, 5) is 2.51. The molecule has 0 radical (unpaired) electrons. The fourth-order valence-electron chi connectivity index (χ4n) is 2.66. The van der Waals surface area contributed by atoms with Gasteiger partial charge in [0.05, 0.1) is 4.90 Å². The molecule has 2 aromatic rings. The third kappa shape index (κ3) is 2.63. The fourth-order valence-corrected chi connectivity index (χ4v) is 4.73. The lowest BCUT2D eigenvalue weighted by atomic mass is 10.2. The molecule has 21 heavy (non-hydrogen) atoms. The zero-order valence-corrected chi connectivity index (χ0v) is 14.5. The summed E-state index contributed by atoms with van der Waals surface area (Å²) in [6.45, 7) is 2.65. The van der Waals surface area contributed by atoms with Crippen LogP contribution in [-0.2, 0) is 17.1 Å². The van der Waals surface area contributed by atoms with E-state index in [-0.39, 0.29) is 0 Å². The Bertz CT molecular complexity index is 777. The van der Waals surface area contributed by atoms with Crippen molar-refractivity contribution in [3.8, 4) is 0 Å². The van der Waals surface area contributed by atoms with Gasteiger partial charge in [-0.3, -0.25) is 0 Å². The normalized spacial score (nSPS) is 18.4. The van der Waals surface area contributed by atoms with Gasteiger partial charge >= 0.3 is 0 Å². The summed E-state index contributed by atoms with van der Waals surface area (Å²) in [6.07, 6.45) is 1.94. The third-order valence-electron chi connectivity index (χ3n) is 4.01. The van der Waals surface area contributed by atoms with Crippen molar-refractivity contribution < 1.29 is 8.42 Å². The Kier molecular flexibility index (Phi) is 3.85. The monoisotopic (exact) mass is 371 g/mol. The standard InChI is InChI=1S/C14H18BrN3O2S/c1-16-5-7-18(8-6-16)21(19,20)11-3-4-14-12(9-11)13(15)10-17(14)2/h3-4,9-10H,5-8H2,1-2H3. The molecule has 0 saturated carbocycles. The van der Waals surface area contributed by atoms with Crippen LogP contribution in [0.2, 0.25) is 0 Å². The van der Waals surface area contributed by atoms with E-state index in [2.05, 4.69) is 20.8 Å². The molecule has 3 rings (SSSR count). The van der Waals surface area contributed by atoms with Gasteiger partial charge in [0.15, 0.2) is 0 Å². The minimum absolute atomic E-state index is 0.367. The molecule has 2 heterocycles.